The first-order valence-electron chi connectivity index (χ1n) is 5.26. The van der Waals surface area contributed by atoms with Gasteiger partial charge in [0.25, 0.3) is 0 Å². The highest BCUT2D eigenvalue weighted by atomic mass is 14.1. The molecule has 0 bridgehead atoms. The summed E-state index contributed by atoms with van der Waals surface area (Å²) < 4.78 is 0. The molecule has 0 saturated carbocycles. The van der Waals surface area contributed by atoms with Gasteiger partial charge in [-0.1, -0.05) is 48.9 Å². The first-order chi connectivity index (χ1) is 6.79. The minimum atomic E-state index is 1.11. The van der Waals surface area contributed by atoms with Crippen molar-refractivity contribution >= 4 is 5.57 Å². The Morgan fingerprint density at radius 2 is 2.14 bits per heavy atom. The zero-order valence-electron chi connectivity index (χ0n) is 8.88. The largest absolute Gasteiger partial charge is 0.0726 e. The van der Waals surface area contributed by atoms with E-state index in [1.54, 1.807) is 0 Å². The Labute approximate surface area is 86.0 Å². The van der Waals surface area contributed by atoms with Crippen LogP contribution in [-0.4, -0.2) is 0 Å². The van der Waals surface area contributed by atoms with Crippen LogP contribution >= 0.6 is 0 Å². The summed E-state index contributed by atoms with van der Waals surface area (Å²) in [5, 5.41) is 0. The summed E-state index contributed by atoms with van der Waals surface area (Å²) in [5.74, 6) is 0. The molecule has 0 heteroatoms. The predicted molar refractivity (Wildman–Crippen MR) is 62.2 cm³/mol. The van der Waals surface area contributed by atoms with Crippen LogP contribution in [0, 0.1) is 0 Å². The number of rotatable bonds is 2. The summed E-state index contributed by atoms with van der Waals surface area (Å²) in [6, 6.07) is 8.83. The van der Waals surface area contributed by atoms with Crippen molar-refractivity contribution in [3.05, 3.63) is 53.1 Å². The number of benzene rings is 1. The molecule has 0 saturated heterocycles. The van der Waals surface area contributed by atoms with Crippen LogP contribution in [0.2, 0.25) is 0 Å². The smallest absolute Gasteiger partial charge is 0.0129 e. The van der Waals surface area contributed by atoms with Gasteiger partial charge in [0.2, 0.25) is 0 Å². The molecule has 0 fully saturated rings. The molecule has 1 aromatic carbocycles. The third kappa shape index (κ3) is 1.79. The summed E-state index contributed by atoms with van der Waals surface area (Å²) in [5.41, 5.74) is 5.63. The van der Waals surface area contributed by atoms with Crippen molar-refractivity contribution in [2.45, 2.75) is 26.7 Å². The lowest BCUT2D eigenvalue weighted by Crippen LogP contribution is -1.83. The minimum Gasteiger partial charge on any atom is -0.0726 e. The van der Waals surface area contributed by atoms with Gasteiger partial charge in [-0.2, -0.15) is 0 Å². The highest BCUT2D eigenvalue weighted by Gasteiger charge is 2.05. The second-order valence-electron chi connectivity index (χ2n) is 3.91. The monoisotopic (exact) mass is 184 g/mol. The molecule has 0 unspecified atom stereocenters. The third-order valence-corrected chi connectivity index (χ3v) is 2.71. The quantitative estimate of drug-likeness (QED) is 0.652. The van der Waals surface area contributed by atoms with Crippen LogP contribution in [0.25, 0.3) is 5.57 Å². The topological polar surface area (TPSA) is 0 Å². The van der Waals surface area contributed by atoms with Crippen LogP contribution in [0.4, 0.5) is 0 Å². The molecule has 0 aliphatic heterocycles. The van der Waals surface area contributed by atoms with Crippen LogP contribution in [0.5, 0.6) is 0 Å². The summed E-state index contributed by atoms with van der Waals surface area (Å²) in [4.78, 5) is 0. The molecule has 0 spiro atoms. The Kier molecular flexibility index (Phi) is 2.53. The van der Waals surface area contributed by atoms with E-state index in [-0.39, 0.29) is 0 Å². The molecular weight excluding hydrogens is 168 g/mol. The van der Waals surface area contributed by atoms with Gasteiger partial charge in [0, 0.05) is 0 Å². The Morgan fingerprint density at radius 1 is 1.29 bits per heavy atom. The number of hydrogen-bond acceptors (Lipinski definition) is 0. The Bertz CT molecular complexity index is 394. The van der Waals surface area contributed by atoms with Gasteiger partial charge in [0.05, 0.1) is 0 Å². The average Bonchev–Trinajstić information content (AvgIpc) is 2.65. The van der Waals surface area contributed by atoms with Crippen LogP contribution in [0.1, 0.15) is 31.4 Å². The molecule has 1 aromatic rings. The lowest BCUT2D eigenvalue weighted by atomic mass is 10.0. The second-order valence-corrected chi connectivity index (χ2v) is 3.91. The van der Waals surface area contributed by atoms with Crippen molar-refractivity contribution in [3.63, 3.8) is 0 Å². The van der Waals surface area contributed by atoms with Gasteiger partial charge < -0.3 is 0 Å². The molecule has 0 atom stereocenters. The van der Waals surface area contributed by atoms with Crippen molar-refractivity contribution in [2.75, 3.05) is 0 Å². The zero-order valence-corrected chi connectivity index (χ0v) is 8.88. The molecule has 14 heavy (non-hydrogen) atoms. The minimum absolute atomic E-state index is 1.11. The molecule has 2 rings (SSSR count). The van der Waals surface area contributed by atoms with Gasteiger partial charge in [-0.15, -0.1) is 0 Å². The predicted octanol–water partition coefficient (Wildman–Crippen LogP) is 3.98. The van der Waals surface area contributed by atoms with Crippen molar-refractivity contribution in [2.24, 2.45) is 0 Å². The van der Waals surface area contributed by atoms with Gasteiger partial charge in [-0.25, -0.2) is 0 Å². The van der Waals surface area contributed by atoms with E-state index >= 15 is 0 Å². The summed E-state index contributed by atoms with van der Waals surface area (Å²) in [6.07, 6.45) is 6.83. The Hall–Kier alpha value is -1.30. The molecule has 0 N–H and O–H groups in total. The Morgan fingerprint density at radius 3 is 2.79 bits per heavy atom. The summed E-state index contributed by atoms with van der Waals surface area (Å²) in [7, 11) is 0. The van der Waals surface area contributed by atoms with E-state index in [0.717, 1.165) is 12.8 Å². The maximum absolute atomic E-state index is 2.31. The van der Waals surface area contributed by atoms with Crippen LogP contribution in [-0.2, 0) is 6.42 Å². The Balaban J connectivity index is 2.33. The van der Waals surface area contributed by atoms with Crippen LogP contribution in [0.15, 0.2) is 42.0 Å². The molecular formula is C14H16. The number of hydrogen-bond donors (Lipinski definition) is 0. The summed E-state index contributed by atoms with van der Waals surface area (Å²) in [6.45, 7) is 4.39. The van der Waals surface area contributed by atoms with E-state index in [9.17, 15) is 0 Å². The third-order valence-electron chi connectivity index (χ3n) is 2.71. The zero-order chi connectivity index (χ0) is 9.97. The van der Waals surface area contributed by atoms with E-state index in [4.69, 9.17) is 0 Å². The van der Waals surface area contributed by atoms with Gasteiger partial charge in [0.1, 0.15) is 0 Å². The maximum atomic E-state index is 2.31. The second kappa shape index (κ2) is 3.83. The van der Waals surface area contributed by atoms with E-state index in [0.29, 0.717) is 0 Å². The standard InChI is InChI=1S/C14H16/c1-3-12-5-4-6-13(10-12)14-8-7-11(2)9-14/h4-6,8-10H,3,7H2,1-2H3. The van der Waals surface area contributed by atoms with Crippen LogP contribution < -0.4 is 0 Å². The molecule has 0 radical (unpaired) electrons. The highest BCUT2D eigenvalue weighted by molar-refractivity contribution is 5.77. The van der Waals surface area contributed by atoms with Crippen LogP contribution in [0.3, 0.4) is 0 Å². The molecule has 1 aliphatic carbocycles. The number of allylic oxidation sites excluding steroid dienone is 4. The fourth-order valence-corrected chi connectivity index (χ4v) is 1.83. The van der Waals surface area contributed by atoms with Crippen molar-refractivity contribution in [3.8, 4) is 0 Å². The fourth-order valence-electron chi connectivity index (χ4n) is 1.83. The summed E-state index contributed by atoms with van der Waals surface area (Å²) >= 11 is 0. The highest BCUT2D eigenvalue weighted by Crippen LogP contribution is 2.26. The molecule has 0 amide bonds. The van der Waals surface area contributed by atoms with Crippen molar-refractivity contribution in [1.29, 1.82) is 0 Å². The van der Waals surface area contributed by atoms with E-state index in [1.807, 2.05) is 0 Å². The van der Waals surface area contributed by atoms with Crippen molar-refractivity contribution < 1.29 is 0 Å². The van der Waals surface area contributed by atoms with E-state index in [2.05, 4.69) is 50.3 Å². The lowest BCUT2D eigenvalue weighted by molar-refractivity contribution is 1.14. The first-order valence-corrected chi connectivity index (χ1v) is 5.26. The molecule has 1 aliphatic rings. The van der Waals surface area contributed by atoms with Gasteiger partial charge in [-0.3, -0.25) is 0 Å². The van der Waals surface area contributed by atoms with Gasteiger partial charge in [0.15, 0.2) is 0 Å². The SMILES string of the molecule is CCc1cccc(C2=CCC(C)=C2)c1. The molecule has 0 heterocycles. The number of aryl methyl sites for hydroxylation is 1. The maximum Gasteiger partial charge on any atom is -0.0129 e. The average molecular weight is 184 g/mol. The first kappa shape index (κ1) is 9.26. The molecule has 72 valence electrons. The lowest BCUT2D eigenvalue weighted by Gasteiger charge is -2.02. The van der Waals surface area contributed by atoms with Crippen molar-refractivity contribution in [1.82, 2.24) is 0 Å². The molecule has 0 nitrogen and oxygen atoms in total. The van der Waals surface area contributed by atoms with Gasteiger partial charge in [-0.05, 0) is 36.5 Å². The molecule has 0 aromatic heterocycles. The van der Waals surface area contributed by atoms with Gasteiger partial charge >= 0.3 is 0 Å². The van der Waals surface area contributed by atoms with E-state index in [1.165, 1.54) is 22.3 Å². The van der Waals surface area contributed by atoms with E-state index < -0.39 is 0 Å². The normalized spacial score (nSPS) is 15.3. The fraction of sp³-hybridized carbons (Fsp3) is 0.286.